The predicted octanol–water partition coefficient (Wildman–Crippen LogP) is 1.81. The molecule has 0 saturated carbocycles. The zero-order valence-corrected chi connectivity index (χ0v) is 10.6. The molecule has 0 aliphatic rings. The predicted molar refractivity (Wildman–Crippen MR) is 68.1 cm³/mol. The Kier molecular flexibility index (Phi) is 5.43. The molecular weight excluding hydrogens is 198 g/mol. The number of pyridine rings is 1. The van der Waals surface area contributed by atoms with E-state index in [-0.39, 0.29) is 0 Å². The highest BCUT2D eigenvalue weighted by Crippen LogP contribution is 2.05. The van der Waals surface area contributed by atoms with Gasteiger partial charge in [-0.2, -0.15) is 0 Å². The highest BCUT2D eigenvalue weighted by Gasteiger charge is 2.08. The van der Waals surface area contributed by atoms with Gasteiger partial charge in [0, 0.05) is 18.8 Å². The minimum atomic E-state index is 0.546. The molecule has 0 fully saturated rings. The molecule has 1 rings (SSSR count). The summed E-state index contributed by atoms with van der Waals surface area (Å²) in [6.07, 6.45) is 0. The third-order valence-corrected chi connectivity index (χ3v) is 2.75. The fraction of sp³-hybridized carbons (Fsp3) is 0.615. The van der Waals surface area contributed by atoms with Crippen molar-refractivity contribution in [3.63, 3.8) is 0 Å². The van der Waals surface area contributed by atoms with Gasteiger partial charge in [0.05, 0.1) is 5.69 Å². The molecule has 0 aliphatic heterocycles. The zero-order valence-electron chi connectivity index (χ0n) is 10.6. The third-order valence-electron chi connectivity index (χ3n) is 2.75. The summed E-state index contributed by atoms with van der Waals surface area (Å²) in [5.74, 6) is 0.546. The number of aryl methyl sites for hydroxylation is 1. The third kappa shape index (κ3) is 4.29. The maximum atomic E-state index is 5.65. The lowest BCUT2D eigenvalue weighted by atomic mass is 10.1. The molecule has 0 bridgehead atoms. The molecule has 16 heavy (non-hydrogen) atoms. The van der Waals surface area contributed by atoms with Crippen LogP contribution < -0.4 is 5.73 Å². The summed E-state index contributed by atoms with van der Waals surface area (Å²) in [7, 11) is 0. The summed E-state index contributed by atoms with van der Waals surface area (Å²) in [6.45, 7) is 10.1. The lowest BCUT2D eigenvalue weighted by Gasteiger charge is -2.23. The summed E-state index contributed by atoms with van der Waals surface area (Å²) < 4.78 is 0. The molecule has 2 N–H and O–H groups in total. The quantitative estimate of drug-likeness (QED) is 0.796. The molecule has 3 nitrogen and oxygen atoms in total. The number of rotatable bonds is 6. The molecule has 1 aromatic heterocycles. The summed E-state index contributed by atoms with van der Waals surface area (Å²) in [5, 5.41) is 0. The van der Waals surface area contributed by atoms with Crippen molar-refractivity contribution in [1.29, 1.82) is 0 Å². The first-order valence-electron chi connectivity index (χ1n) is 6.00. The van der Waals surface area contributed by atoms with E-state index < -0.39 is 0 Å². The first-order valence-corrected chi connectivity index (χ1v) is 6.00. The van der Waals surface area contributed by atoms with E-state index in [0.29, 0.717) is 5.92 Å². The van der Waals surface area contributed by atoms with Crippen LogP contribution in [-0.2, 0) is 6.54 Å². The molecule has 3 heteroatoms. The van der Waals surface area contributed by atoms with Gasteiger partial charge < -0.3 is 5.73 Å². The van der Waals surface area contributed by atoms with Crippen LogP contribution in [0.2, 0.25) is 0 Å². The lowest BCUT2D eigenvalue weighted by Crippen LogP contribution is -2.31. The molecule has 0 amide bonds. The summed E-state index contributed by atoms with van der Waals surface area (Å²) >= 11 is 0. The van der Waals surface area contributed by atoms with Crippen molar-refractivity contribution in [3.05, 3.63) is 29.6 Å². The van der Waals surface area contributed by atoms with Gasteiger partial charge in [-0.15, -0.1) is 0 Å². The molecule has 90 valence electrons. The molecule has 0 saturated heterocycles. The second-order valence-corrected chi connectivity index (χ2v) is 4.44. The Hall–Kier alpha value is -0.930. The van der Waals surface area contributed by atoms with Crippen LogP contribution in [0.5, 0.6) is 0 Å². The molecule has 0 spiro atoms. The Morgan fingerprint density at radius 3 is 2.75 bits per heavy atom. The minimum absolute atomic E-state index is 0.546. The van der Waals surface area contributed by atoms with Crippen LogP contribution in [0.15, 0.2) is 18.2 Å². The normalized spacial score (nSPS) is 13.1. The van der Waals surface area contributed by atoms with Crippen LogP contribution in [0, 0.1) is 12.8 Å². The van der Waals surface area contributed by atoms with E-state index in [2.05, 4.69) is 35.9 Å². The molecule has 1 heterocycles. The van der Waals surface area contributed by atoms with Gasteiger partial charge >= 0.3 is 0 Å². The molecule has 1 aromatic rings. The van der Waals surface area contributed by atoms with Crippen molar-refractivity contribution in [2.45, 2.75) is 27.3 Å². The summed E-state index contributed by atoms with van der Waals surface area (Å²) in [6, 6.07) is 6.18. The highest BCUT2D eigenvalue weighted by atomic mass is 15.1. The lowest BCUT2D eigenvalue weighted by molar-refractivity contribution is 0.240. The maximum absolute atomic E-state index is 5.65. The van der Waals surface area contributed by atoms with Crippen LogP contribution in [0.25, 0.3) is 0 Å². The second-order valence-electron chi connectivity index (χ2n) is 4.44. The molecule has 0 aliphatic carbocycles. The zero-order chi connectivity index (χ0) is 12.0. The number of hydrogen-bond donors (Lipinski definition) is 1. The van der Waals surface area contributed by atoms with E-state index in [1.54, 1.807) is 0 Å². The Balaban J connectivity index is 2.56. The van der Waals surface area contributed by atoms with Crippen molar-refractivity contribution in [1.82, 2.24) is 9.88 Å². The van der Waals surface area contributed by atoms with E-state index in [1.807, 2.05) is 13.0 Å². The Bertz CT molecular complexity index is 312. The number of hydrogen-bond acceptors (Lipinski definition) is 3. The van der Waals surface area contributed by atoms with E-state index in [0.717, 1.165) is 37.6 Å². The van der Waals surface area contributed by atoms with Gasteiger partial charge in [-0.3, -0.25) is 9.88 Å². The van der Waals surface area contributed by atoms with E-state index in [1.165, 1.54) is 0 Å². The van der Waals surface area contributed by atoms with Crippen molar-refractivity contribution < 1.29 is 0 Å². The number of aromatic nitrogens is 1. The summed E-state index contributed by atoms with van der Waals surface area (Å²) in [5.41, 5.74) is 7.88. The van der Waals surface area contributed by atoms with Crippen molar-refractivity contribution in [3.8, 4) is 0 Å². The van der Waals surface area contributed by atoms with E-state index >= 15 is 0 Å². The SMILES string of the molecule is CCN(Cc1cccc(C)n1)CC(C)CN. The van der Waals surface area contributed by atoms with E-state index in [9.17, 15) is 0 Å². The first-order chi connectivity index (χ1) is 7.65. The fourth-order valence-corrected chi connectivity index (χ4v) is 1.74. The van der Waals surface area contributed by atoms with Gasteiger partial charge in [0.25, 0.3) is 0 Å². The van der Waals surface area contributed by atoms with Crippen molar-refractivity contribution >= 4 is 0 Å². The smallest absolute Gasteiger partial charge is 0.0547 e. The van der Waals surface area contributed by atoms with E-state index in [4.69, 9.17) is 5.73 Å². The maximum Gasteiger partial charge on any atom is 0.0547 e. The Morgan fingerprint density at radius 2 is 2.19 bits per heavy atom. The first kappa shape index (κ1) is 13.1. The van der Waals surface area contributed by atoms with Crippen LogP contribution in [0.4, 0.5) is 0 Å². The molecule has 1 atom stereocenters. The van der Waals surface area contributed by atoms with Gasteiger partial charge in [0.2, 0.25) is 0 Å². The van der Waals surface area contributed by atoms with Gasteiger partial charge in [-0.05, 0) is 38.1 Å². The molecule has 1 unspecified atom stereocenters. The van der Waals surface area contributed by atoms with Crippen molar-refractivity contribution in [2.24, 2.45) is 11.7 Å². The van der Waals surface area contributed by atoms with Crippen LogP contribution in [0.3, 0.4) is 0 Å². The highest BCUT2D eigenvalue weighted by molar-refractivity contribution is 5.09. The van der Waals surface area contributed by atoms with Crippen LogP contribution in [-0.4, -0.2) is 29.5 Å². The van der Waals surface area contributed by atoms with Crippen LogP contribution >= 0.6 is 0 Å². The minimum Gasteiger partial charge on any atom is -0.330 e. The average molecular weight is 221 g/mol. The monoisotopic (exact) mass is 221 g/mol. The Labute approximate surface area is 98.7 Å². The molecule has 0 radical (unpaired) electrons. The van der Waals surface area contributed by atoms with Gasteiger partial charge in [0.1, 0.15) is 0 Å². The Morgan fingerprint density at radius 1 is 1.44 bits per heavy atom. The topological polar surface area (TPSA) is 42.2 Å². The standard InChI is InChI=1S/C13H23N3/c1-4-16(9-11(2)8-14)10-13-7-5-6-12(3)15-13/h5-7,11H,4,8-10,14H2,1-3H3. The van der Waals surface area contributed by atoms with Gasteiger partial charge in [-0.1, -0.05) is 19.9 Å². The molecule has 0 aromatic carbocycles. The average Bonchev–Trinajstić information content (AvgIpc) is 2.28. The van der Waals surface area contributed by atoms with Gasteiger partial charge in [-0.25, -0.2) is 0 Å². The van der Waals surface area contributed by atoms with Crippen molar-refractivity contribution in [2.75, 3.05) is 19.6 Å². The largest absolute Gasteiger partial charge is 0.330 e. The van der Waals surface area contributed by atoms with Gasteiger partial charge in [0.15, 0.2) is 0 Å². The number of nitrogens with two attached hydrogens (primary N) is 1. The molecular formula is C13H23N3. The number of nitrogens with zero attached hydrogens (tertiary/aromatic N) is 2. The summed E-state index contributed by atoms with van der Waals surface area (Å²) in [4.78, 5) is 6.91. The fourth-order valence-electron chi connectivity index (χ4n) is 1.74. The second kappa shape index (κ2) is 6.61. The van der Waals surface area contributed by atoms with Crippen LogP contribution in [0.1, 0.15) is 25.2 Å².